The number of hydrogen-bond acceptors (Lipinski definition) is 4. The average molecular weight is 270 g/mol. The molecule has 0 aliphatic carbocycles. The van der Waals surface area contributed by atoms with E-state index < -0.39 is 14.6 Å². The molecule has 1 aromatic rings. The number of rotatable bonds is 5. The number of pyridine rings is 1. The molecule has 1 unspecified atom stereocenters. The van der Waals surface area contributed by atoms with Gasteiger partial charge in [0.05, 0.1) is 10.8 Å². The normalized spacial score (nSPS) is 14.5. The predicted octanol–water partition coefficient (Wildman–Crippen LogP) is 1.86. The van der Waals surface area contributed by atoms with Crippen molar-refractivity contribution >= 4 is 9.84 Å². The molecule has 1 atom stereocenters. The monoisotopic (exact) mass is 270 g/mol. The molecule has 0 aliphatic heterocycles. The molecular weight excluding hydrogens is 248 g/mol. The van der Waals surface area contributed by atoms with Crippen LogP contribution in [-0.2, 0) is 9.84 Å². The molecule has 4 nitrogen and oxygen atoms in total. The second-order valence-electron chi connectivity index (χ2n) is 5.16. The summed E-state index contributed by atoms with van der Waals surface area (Å²) in [5, 5.41) is 3.25. The highest BCUT2D eigenvalue weighted by Gasteiger charge is 2.39. The molecule has 0 spiro atoms. The number of aryl methyl sites for hydroxylation is 1. The summed E-state index contributed by atoms with van der Waals surface area (Å²) in [7, 11) is -3.18. The summed E-state index contributed by atoms with van der Waals surface area (Å²) in [5.74, 6) is 0. The first-order valence-corrected chi connectivity index (χ1v) is 7.93. The van der Waals surface area contributed by atoms with Crippen LogP contribution in [0.4, 0.5) is 0 Å². The lowest BCUT2D eigenvalue weighted by Gasteiger charge is -2.33. The van der Waals surface area contributed by atoms with E-state index in [1.54, 1.807) is 26.2 Å². The Hall–Kier alpha value is -0.940. The van der Waals surface area contributed by atoms with Crippen LogP contribution in [0.25, 0.3) is 0 Å². The van der Waals surface area contributed by atoms with Gasteiger partial charge in [0.2, 0.25) is 0 Å². The van der Waals surface area contributed by atoms with Crippen LogP contribution in [0.2, 0.25) is 0 Å². The lowest BCUT2D eigenvalue weighted by molar-refractivity contribution is 0.427. The van der Waals surface area contributed by atoms with E-state index >= 15 is 0 Å². The van der Waals surface area contributed by atoms with Crippen LogP contribution < -0.4 is 5.32 Å². The lowest BCUT2D eigenvalue weighted by atomic mass is 9.95. The van der Waals surface area contributed by atoms with Gasteiger partial charge in [-0.3, -0.25) is 4.98 Å². The highest BCUT2D eigenvalue weighted by atomic mass is 32.2. The lowest BCUT2D eigenvalue weighted by Crippen LogP contribution is -2.45. The van der Waals surface area contributed by atoms with E-state index in [4.69, 9.17) is 0 Å². The largest absolute Gasteiger partial charge is 0.309 e. The Morgan fingerprint density at radius 2 is 2.00 bits per heavy atom. The summed E-state index contributed by atoms with van der Waals surface area (Å²) in [5.41, 5.74) is 1.94. The van der Waals surface area contributed by atoms with Gasteiger partial charge in [-0.1, -0.05) is 13.0 Å². The van der Waals surface area contributed by atoms with Crippen molar-refractivity contribution in [3.63, 3.8) is 0 Å². The third-order valence-corrected chi connectivity index (χ3v) is 5.44. The van der Waals surface area contributed by atoms with Gasteiger partial charge in [-0.2, -0.15) is 0 Å². The minimum absolute atomic E-state index is 0.259. The third-order valence-electron chi connectivity index (χ3n) is 3.29. The van der Waals surface area contributed by atoms with Crippen LogP contribution in [0.5, 0.6) is 0 Å². The van der Waals surface area contributed by atoms with E-state index in [1.807, 2.05) is 19.9 Å². The molecule has 5 heteroatoms. The van der Waals surface area contributed by atoms with Gasteiger partial charge < -0.3 is 5.32 Å². The molecule has 0 aliphatic rings. The maximum absolute atomic E-state index is 12.0. The fraction of sp³-hybridized carbons (Fsp3) is 0.615. The van der Waals surface area contributed by atoms with Crippen LogP contribution in [0.1, 0.15) is 37.9 Å². The number of aromatic nitrogens is 1. The summed E-state index contributed by atoms with van der Waals surface area (Å²) in [4.78, 5) is 4.15. The molecule has 0 aromatic carbocycles. The Labute approximate surface area is 110 Å². The molecule has 0 saturated heterocycles. The van der Waals surface area contributed by atoms with Crippen LogP contribution in [0, 0.1) is 6.92 Å². The smallest absolute Gasteiger partial charge is 0.154 e. The van der Waals surface area contributed by atoms with Gasteiger partial charge in [0.1, 0.15) is 0 Å². The van der Waals surface area contributed by atoms with Gasteiger partial charge in [0.15, 0.2) is 9.84 Å². The minimum atomic E-state index is -3.18. The van der Waals surface area contributed by atoms with Gasteiger partial charge in [0, 0.05) is 18.6 Å². The third kappa shape index (κ3) is 3.09. The van der Waals surface area contributed by atoms with E-state index in [0.717, 1.165) is 11.1 Å². The highest BCUT2D eigenvalue weighted by molar-refractivity contribution is 7.92. The first kappa shape index (κ1) is 15.1. The second kappa shape index (κ2) is 5.36. The molecule has 1 heterocycles. The van der Waals surface area contributed by atoms with Crippen LogP contribution in [-0.4, -0.2) is 30.9 Å². The number of hydrogen-bond donors (Lipinski definition) is 1. The van der Waals surface area contributed by atoms with E-state index in [2.05, 4.69) is 10.3 Å². The number of sulfone groups is 1. The Bertz CT molecular complexity index is 509. The van der Waals surface area contributed by atoms with Crippen molar-refractivity contribution in [2.24, 2.45) is 0 Å². The van der Waals surface area contributed by atoms with Gasteiger partial charge in [-0.05, 0) is 38.4 Å². The molecule has 1 aromatic heterocycles. The molecule has 0 fully saturated rings. The Balaban J connectivity index is 3.27. The SMILES string of the molecule is CCNC(c1cncc(C)c1)C(C)(C)S(C)(=O)=O. The fourth-order valence-electron chi connectivity index (χ4n) is 1.92. The highest BCUT2D eigenvalue weighted by Crippen LogP contribution is 2.32. The summed E-state index contributed by atoms with van der Waals surface area (Å²) < 4.78 is 23.1. The molecule has 0 amide bonds. The van der Waals surface area contributed by atoms with Crippen molar-refractivity contribution in [2.75, 3.05) is 12.8 Å². The summed E-state index contributed by atoms with van der Waals surface area (Å²) in [6, 6.07) is 1.72. The topological polar surface area (TPSA) is 59.1 Å². The van der Waals surface area contributed by atoms with Crippen molar-refractivity contribution in [3.8, 4) is 0 Å². The quantitative estimate of drug-likeness (QED) is 0.887. The molecular formula is C13H22N2O2S. The van der Waals surface area contributed by atoms with Crippen molar-refractivity contribution in [3.05, 3.63) is 29.6 Å². The Morgan fingerprint density at radius 1 is 1.39 bits per heavy atom. The standard InChI is InChI=1S/C13H22N2O2S/c1-6-15-12(13(3,4)18(5,16)17)11-7-10(2)8-14-9-11/h7-9,12,15H,6H2,1-5H3. The molecule has 18 heavy (non-hydrogen) atoms. The fourth-order valence-corrected chi connectivity index (χ4v) is 2.57. The van der Waals surface area contributed by atoms with Crippen molar-refractivity contribution in [1.29, 1.82) is 0 Å². The first-order chi connectivity index (χ1) is 8.20. The maximum Gasteiger partial charge on any atom is 0.154 e. The second-order valence-corrected chi connectivity index (χ2v) is 7.76. The van der Waals surface area contributed by atoms with Crippen molar-refractivity contribution < 1.29 is 8.42 Å². The van der Waals surface area contributed by atoms with Crippen molar-refractivity contribution in [1.82, 2.24) is 10.3 Å². The van der Waals surface area contributed by atoms with Crippen LogP contribution in [0.3, 0.4) is 0 Å². The van der Waals surface area contributed by atoms with Crippen molar-refractivity contribution in [2.45, 2.75) is 38.5 Å². The number of nitrogens with one attached hydrogen (secondary N) is 1. The van der Waals surface area contributed by atoms with E-state index in [9.17, 15) is 8.42 Å². The Morgan fingerprint density at radius 3 is 2.44 bits per heavy atom. The summed E-state index contributed by atoms with van der Waals surface area (Å²) >= 11 is 0. The molecule has 1 N–H and O–H groups in total. The van der Waals surface area contributed by atoms with Gasteiger partial charge >= 0.3 is 0 Å². The summed E-state index contributed by atoms with van der Waals surface area (Å²) in [6.07, 6.45) is 4.77. The Kier molecular flexibility index (Phi) is 4.50. The minimum Gasteiger partial charge on any atom is -0.309 e. The van der Waals surface area contributed by atoms with Crippen LogP contribution >= 0.6 is 0 Å². The van der Waals surface area contributed by atoms with Gasteiger partial charge in [-0.15, -0.1) is 0 Å². The molecule has 102 valence electrons. The van der Waals surface area contributed by atoms with Gasteiger partial charge in [-0.25, -0.2) is 8.42 Å². The zero-order valence-electron chi connectivity index (χ0n) is 11.7. The van der Waals surface area contributed by atoms with Crippen LogP contribution in [0.15, 0.2) is 18.5 Å². The van der Waals surface area contributed by atoms with E-state index in [-0.39, 0.29) is 6.04 Å². The predicted molar refractivity (Wildman–Crippen MR) is 74.3 cm³/mol. The molecule has 1 rings (SSSR count). The average Bonchev–Trinajstić information content (AvgIpc) is 2.24. The maximum atomic E-state index is 12.0. The first-order valence-electron chi connectivity index (χ1n) is 6.04. The van der Waals surface area contributed by atoms with Gasteiger partial charge in [0.25, 0.3) is 0 Å². The zero-order chi connectivity index (χ0) is 14.0. The number of nitrogens with zero attached hydrogens (tertiary/aromatic N) is 1. The molecule has 0 bridgehead atoms. The van der Waals surface area contributed by atoms with E-state index in [0.29, 0.717) is 6.54 Å². The summed E-state index contributed by atoms with van der Waals surface area (Å²) in [6.45, 7) is 8.12. The van der Waals surface area contributed by atoms with E-state index in [1.165, 1.54) is 6.26 Å². The zero-order valence-corrected chi connectivity index (χ0v) is 12.5. The molecule has 0 radical (unpaired) electrons. The molecule has 0 saturated carbocycles.